The quantitative estimate of drug-likeness (QED) is 0.602. The fourth-order valence-corrected chi connectivity index (χ4v) is 4.25. The van der Waals surface area contributed by atoms with E-state index in [0.29, 0.717) is 51.6 Å². The number of methoxy groups -OCH3 is 1. The Hall–Kier alpha value is -2.90. The molecule has 0 saturated carbocycles. The maximum atomic E-state index is 13.3. The van der Waals surface area contributed by atoms with Crippen LogP contribution in [0.5, 0.6) is 0 Å². The van der Waals surface area contributed by atoms with E-state index in [9.17, 15) is 9.18 Å². The number of hydrogen-bond donors (Lipinski definition) is 1. The normalized spacial score (nSPS) is 14.2. The van der Waals surface area contributed by atoms with E-state index in [2.05, 4.69) is 23.7 Å². The van der Waals surface area contributed by atoms with Gasteiger partial charge in [0.05, 0.1) is 31.0 Å². The number of nitrogens with zero attached hydrogens (tertiary/aromatic N) is 2. The standard InChI is InChI=1S/C25H30FN3O3/c1-17-18(2)29(10-11-31-3)24-22(17)14-20(25(30)28-8-12-32-13-9-28)15-23(24)27-16-19-4-6-21(26)7-5-19/h4-7,14-15,27H,8-13,16H2,1-3H3. The van der Waals surface area contributed by atoms with E-state index in [-0.39, 0.29) is 11.7 Å². The third-order valence-electron chi connectivity index (χ3n) is 6.19. The van der Waals surface area contributed by atoms with E-state index in [0.717, 1.165) is 33.4 Å². The first kappa shape index (κ1) is 22.3. The smallest absolute Gasteiger partial charge is 0.254 e. The molecule has 2 heterocycles. The van der Waals surface area contributed by atoms with Crippen molar-refractivity contribution in [2.24, 2.45) is 0 Å². The lowest BCUT2D eigenvalue weighted by Gasteiger charge is -2.27. The molecule has 1 saturated heterocycles. The van der Waals surface area contributed by atoms with Crippen LogP contribution in [-0.4, -0.2) is 55.4 Å². The molecule has 4 rings (SSSR count). The summed E-state index contributed by atoms with van der Waals surface area (Å²) in [5, 5.41) is 4.55. The van der Waals surface area contributed by atoms with Crippen LogP contribution >= 0.6 is 0 Å². The number of ether oxygens (including phenoxy) is 2. The van der Waals surface area contributed by atoms with Gasteiger partial charge in [-0.05, 0) is 49.2 Å². The van der Waals surface area contributed by atoms with E-state index in [1.165, 1.54) is 12.1 Å². The highest BCUT2D eigenvalue weighted by molar-refractivity contribution is 6.04. The molecular formula is C25H30FN3O3. The fourth-order valence-electron chi connectivity index (χ4n) is 4.25. The van der Waals surface area contributed by atoms with Crippen molar-refractivity contribution in [3.8, 4) is 0 Å². The molecule has 0 radical (unpaired) electrons. The molecule has 6 nitrogen and oxygen atoms in total. The highest BCUT2D eigenvalue weighted by Crippen LogP contribution is 2.33. The van der Waals surface area contributed by atoms with Crippen LogP contribution in [-0.2, 0) is 22.6 Å². The lowest BCUT2D eigenvalue weighted by atomic mass is 10.1. The maximum Gasteiger partial charge on any atom is 0.254 e. The van der Waals surface area contributed by atoms with E-state index < -0.39 is 0 Å². The lowest BCUT2D eigenvalue weighted by Crippen LogP contribution is -2.40. The van der Waals surface area contributed by atoms with Gasteiger partial charge in [0, 0.05) is 49.9 Å². The molecule has 1 aliphatic rings. The molecule has 0 aliphatic carbocycles. The number of aryl methyl sites for hydroxylation is 1. The Bertz CT molecular complexity index is 1100. The van der Waals surface area contributed by atoms with Crippen molar-refractivity contribution in [3.63, 3.8) is 0 Å². The largest absolute Gasteiger partial charge is 0.383 e. The summed E-state index contributed by atoms with van der Waals surface area (Å²) in [7, 11) is 1.70. The summed E-state index contributed by atoms with van der Waals surface area (Å²) in [4.78, 5) is 15.1. The molecule has 1 amide bonds. The average Bonchev–Trinajstić information content (AvgIpc) is 3.07. The first-order valence-electron chi connectivity index (χ1n) is 11.0. The van der Waals surface area contributed by atoms with Gasteiger partial charge in [-0.3, -0.25) is 4.79 Å². The van der Waals surface area contributed by atoms with Crippen molar-refractivity contribution in [2.75, 3.05) is 45.3 Å². The number of morpholine rings is 1. The monoisotopic (exact) mass is 439 g/mol. The molecule has 1 N–H and O–H groups in total. The number of rotatable bonds is 7. The Kier molecular flexibility index (Phi) is 6.77. The molecule has 1 aromatic heterocycles. The lowest BCUT2D eigenvalue weighted by molar-refractivity contribution is 0.0303. The molecule has 170 valence electrons. The van der Waals surface area contributed by atoms with Crippen LogP contribution in [0.1, 0.15) is 27.2 Å². The zero-order chi connectivity index (χ0) is 22.7. The fraction of sp³-hybridized carbons (Fsp3) is 0.400. The van der Waals surface area contributed by atoms with Gasteiger partial charge in [-0.2, -0.15) is 0 Å². The van der Waals surface area contributed by atoms with E-state index in [1.54, 1.807) is 19.2 Å². The second-order valence-corrected chi connectivity index (χ2v) is 8.16. The van der Waals surface area contributed by atoms with Crippen molar-refractivity contribution in [1.82, 2.24) is 9.47 Å². The summed E-state index contributed by atoms with van der Waals surface area (Å²) in [6.07, 6.45) is 0. The Morgan fingerprint density at radius 1 is 1.16 bits per heavy atom. The van der Waals surface area contributed by atoms with Gasteiger partial charge in [0.2, 0.25) is 0 Å². The van der Waals surface area contributed by atoms with Gasteiger partial charge in [-0.15, -0.1) is 0 Å². The first-order chi connectivity index (χ1) is 15.5. The Labute approximate surface area is 187 Å². The highest BCUT2D eigenvalue weighted by Gasteiger charge is 2.22. The molecule has 0 bridgehead atoms. The highest BCUT2D eigenvalue weighted by atomic mass is 19.1. The molecule has 3 aromatic rings. The van der Waals surface area contributed by atoms with Gasteiger partial charge >= 0.3 is 0 Å². The second-order valence-electron chi connectivity index (χ2n) is 8.16. The second kappa shape index (κ2) is 9.71. The van der Waals surface area contributed by atoms with Crippen LogP contribution in [0, 0.1) is 19.7 Å². The van der Waals surface area contributed by atoms with Crippen molar-refractivity contribution >= 4 is 22.5 Å². The Morgan fingerprint density at radius 3 is 2.56 bits per heavy atom. The van der Waals surface area contributed by atoms with Crippen LogP contribution in [0.3, 0.4) is 0 Å². The van der Waals surface area contributed by atoms with Crippen molar-refractivity contribution in [1.29, 1.82) is 0 Å². The van der Waals surface area contributed by atoms with Crippen LogP contribution in [0.4, 0.5) is 10.1 Å². The number of hydrogen-bond acceptors (Lipinski definition) is 4. The summed E-state index contributed by atoms with van der Waals surface area (Å²) in [5.74, 6) is -0.240. The van der Waals surface area contributed by atoms with Gasteiger partial charge in [0.25, 0.3) is 5.91 Å². The number of fused-ring (bicyclic) bond motifs is 1. The van der Waals surface area contributed by atoms with E-state index in [4.69, 9.17) is 9.47 Å². The predicted molar refractivity (Wildman–Crippen MR) is 124 cm³/mol. The SMILES string of the molecule is COCCn1c(C)c(C)c2cc(C(=O)N3CCOCC3)cc(NCc3ccc(F)cc3)c21. The molecule has 0 unspecified atom stereocenters. The number of aromatic nitrogens is 1. The Balaban J connectivity index is 1.76. The molecule has 1 fully saturated rings. The molecule has 2 aromatic carbocycles. The minimum atomic E-state index is -0.256. The molecule has 32 heavy (non-hydrogen) atoms. The van der Waals surface area contributed by atoms with E-state index in [1.807, 2.05) is 17.0 Å². The summed E-state index contributed by atoms with van der Waals surface area (Å²) >= 11 is 0. The number of benzene rings is 2. The minimum absolute atomic E-state index is 0.0155. The third-order valence-corrected chi connectivity index (χ3v) is 6.19. The summed E-state index contributed by atoms with van der Waals surface area (Å²) in [6, 6.07) is 10.4. The van der Waals surface area contributed by atoms with Gasteiger partial charge in [0.1, 0.15) is 5.82 Å². The van der Waals surface area contributed by atoms with Crippen LogP contribution < -0.4 is 5.32 Å². The van der Waals surface area contributed by atoms with Gasteiger partial charge in [0.15, 0.2) is 0 Å². The van der Waals surface area contributed by atoms with Crippen LogP contribution in [0.15, 0.2) is 36.4 Å². The molecular weight excluding hydrogens is 409 g/mol. The number of amides is 1. The predicted octanol–water partition coefficient (Wildman–Crippen LogP) is 4.13. The van der Waals surface area contributed by atoms with Gasteiger partial charge in [-0.1, -0.05) is 12.1 Å². The molecule has 0 atom stereocenters. The zero-order valence-electron chi connectivity index (χ0n) is 18.9. The molecule has 0 spiro atoms. The minimum Gasteiger partial charge on any atom is -0.383 e. The summed E-state index contributed by atoms with van der Waals surface area (Å²) in [6.45, 7) is 8.35. The maximum absolute atomic E-state index is 13.3. The number of halogens is 1. The molecule has 7 heteroatoms. The van der Waals surface area contributed by atoms with Crippen molar-refractivity contribution in [2.45, 2.75) is 26.9 Å². The third kappa shape index (κ3) is 4.49. The topological polar surface area (TPSA) is 55.7 Å². The number of nitrogens with one attached hydrogen (secondary N) is 1. The average molecular weight is 440 g/mol. The summed E-state index contributed by atoms with van der Waals surface area (Å²) in [5.41, 5.74) is 5.87. The van der Waals surface area contributed by atoms with Gasteiger partial charge in [-0.25, -0.2) is 4.39 Å². The van der Waals surface area contributed by atoms with Crippen molar-refractivity contribution in [3.05, 3.63) is 64.6 Å². The van der Waals surface area contributed by atoms with Crippen LogP contribution in [0.25, 0.3) is 10.9 Å². The number of carbonyl (C=O) groups excluding carboxylic acids is 1. The number of anilines is 1. The summed E-state index contributed by atoms with van der Waals surface area (Å²) < 4.78 is 26.3. The van der Waals surface area contributed by atoms with Gasteiger partial charge < -0.3 is 24.3 Å². The zero-order valence-corrected chi connectivity index (χ0v) is 18.9. The Morgan fingerprint density at radius 2 is 1.88 bits per heavy atom. The van der Waals surface area contributed by atoms with Crippen molar-refractivity contribution < 1.29 is 18.7 Å². The van der Waals surface area contributed by atoms with E-state index >= 15 is 0 Å². The number of carbonyl (C=O) groups is 1. The molecule has 1 aliphatic heterocycles. The first-order valence-corrected chi connectivity index (χ1v) is 11.0. The van der Waals surface area contributed by atoms with Crippen LogP contribution in [0.2, 0.25) is 0 Å².